The van der Waals surface area contributed by atoms with Gasteiger partial charge in [-0.05, 0) is 49.2 Å². The molecular weight excluding hydrogens is 460 g/mol. The molecule has 0 aromatic heterocycles. The van der Waals surface area contributed by atoms with Crippen molar-refractivity contribution in [1.29, 1.82) is 0 Å². The number of benzene rings is 3. The van der Waals surface area contributed by atoms with Crippen LogP contribution in [0.15, 0.2) is 72.8 Å². The topological polar surface area (TPSA) is 111 Å². The van der Waals surface area contributed by atoms with Gasteiger partial charge < -0.3 is 20.1 Å². The Morgan fingerprint density at radius 3 is 1.22 bits per heavy atom. The van der Waals surface area contributed by atoms with E-state index in [4.69, 9.17) is 9.47 Å². The molecule has 3 aromatic rings. The molecule has 36 heavy (non-hydrogen) atoms. The monoisotopic (exact) mass is 488 g/mol. The minimum Gasteiger partial charge on any atom is -0.452 e. The lowest BCUT2D eigenvalue weighted by Gasteiger charge is -2.08. The third-order valence-corrected chi connectivity index (χ3v) is 5.25. The van der Waals surface area contributed by atoms with Crippen LogP contribution in [0, 0.1) is 13.8 Å². The molecule has 0 bridgehead atoms. The zero-order valence-corrected chi connectivity index (χ0v) is 20.2. The Bertz CT molecular complexity index is 1110. The number of aryl methyl sites for hydroxylation is 2. The van der Waals surface area contributed by atoms with Gasteiger partial charge in [0.05, 0.1) is 11.1 Å². The summed E-state index contributed by atoms with van der Waals surface area (Å²) < 4.78 is 10.1. The maximum absolute atomic E-state index is 12.2. The van der Waals surface area contributed by atoms with Gasteiger partial charge in [-0.1, -0.05) is 59.7 Å². The van der Waals surface area contributed by atoms with Crippen LogP contribution in [0.25, 0.3) is 0 Å². The Kier molecular flexibility index (Phi) is 9.33. The Morgan fingerprint density at radius 1 is 0.556 bits per heavy atom. The van der Waals surface area contributed by atoms with Gasteiger partial charge >= 0.3 is 11.9 Å². The third-order valence-electron chi connectivity index (χ3n) is 5.25. The van der Waals surface area contributed by atoms with Crippen molar-refractivity contribution in [3.8, 4) is 0 Å². The first-order valence-corrected chi connectivity index (χ1v) is 11.4. The summed E-state index contributed by atoms with van der Waals surface area (Å²) in [5, 5.41) is 5.37. The van der Waals surface area contributed by atoms with E-state index in [1.165, 1.54) is 24.3 Å². The first-order valence-electron chi connectivity index (χ1n) is 11.4. The number of esters is 2. The maximum Gasteiger partial charge on any atom is 0.338 e. The summed E-state index contributed by atoms with van der Waals surface area (Å²) in [7, 11) is 0. The van der Waals surface area contributed by atoms with Gasteiger partial charge in [0.2, 0.25) is 0 Å². The van der Waals surface area contributed by atoms with Crippen LogP contribution >= 0.6 is 0 Å². The quantitative estimate of drug-likeness (QED) is 0.424. The lowest BCUT2D eigenvalue weighted by atomic mass is 10.1. The summed E-state index contributed by atoms with van der Waals surface area (Å²) in [5.74, 6) is -2.25. The van der Waals surface area contributed by atoms with E-state index in [1.54, 1.807) is 0 Å². The van der Waals surface area contributed by atoms with Crippen molar-refractivity contribution in [3.63, 3.8) is 0 Å². The number of carbonyl (C=O) groups excluding carboxylic acids is 4. The molecule has 0 aliphatic heterocycles. The fourth-order valence-electron chi connectivity index (χ4n) is 3.09. The van der Waals surface area contributed by atoms with Gasteiger partial charge in [-0.3, -0.25) is 9.59 Å². The zero-order valence-electron chi connectivity index (χ0n) is 20.2. The second-order valence-corrected chi connectivity index (χ2v) is 8.25. The van der Waals surface area contributed by atoms with E-state index < -0.39 is 37.0 Å². The molecule has 3 aromatic carbocycles. The zero-order chi connectivity index (χ0) is 25.9. The highest BCUT2D eigenvalue weighted by atomic mass is 16.5. The minimum absolute atomic E-state index is 0.175. The summed E-state index contributed by atoms with van der Waals surface area (Å²) in [4.78, 5) is 48.3. The predicted molar refractivity (Wildman–Crippen MR) is 133 cm³/mol. The normalized spacial score (nSPS) is 10.3. The summed E-state index contributed by atoms with van der Waals surface area (Å²) in [5.41, 5.74) is 4.47. The van der Waals surface area contributed by atoms with Crippen molar-refractivity contribution < 1.29 is 28.7 Å². The molecule has 0 radical (unpaired) electrons. The molecule has 0 atom stereocenters. The number of hydrogen-bond donors (Lipinski definition) is 2. The summed E-state index contributed by atoms with van der Waals surface area (Å²) in [6, 6.07) is 21.0. The average Bonchev–Trinajstić information content (AvgIpc) is 2.89. The standard InChI is InChI=1S/C28H28N2O6/c1-19-3-7-21(8-4-19)15-29-25(31)17-35-27(33)23-11-13-24(14-12-23)28(34)36-18-26(32)30-16-22-9-5-20(2)6-10-22/h3-14H,15-18H2,1-2H3,(H,29,31)(H,30,32). The molecule has 0 aliphatic carbocycles. The fourth-order valence-corrected chi connectivity index (χ4v) is 3.09. The van der Waals surface area contributed by atoms with Crippen molar-refractivity contribution in [2.24, 2.45) is 0 Å². The van der Waals surface area contributed by atoms with Gasteiger partial charge in [-0.15, -0.1) is 0 Å². The molecule has 2 N–H and O–H groups in total. The van der Waals surface area contributed by atoms with Gasteiger partial charge in [0.15, 0.2) is 13.2 Å². The van der Waals surface area contributed by atoms with Crippen molar-refractivity contribution in [3.05, 3.63) is 106 Å². The maximum atomic E-state index is 12.2. The number of ether oxygens (including phenoxy) is 2. The highest BCUT2D eigenvalue weighted by Crippen LogP contribution is 2.08. The van der Waals surface area contributed by atoms with Crippen LogP contribution in [0.2, 0.25) is 0 Å². The van der Waals surface area contributed by atoms with Gasteiger partial charge in [0, 0.05) is 13.1 Å². The average molecular weight is 489 g/mol. The van der Waals surface area contributed by atoms with Crippen LogP contribution in [-0.2, 0) is 32.2 Å². The Hall–Kier alpha value is -4.46. The number of nitrogens with one attached hydrogen (secondary N) is 2. The van der Waals surface area contributed by atoms with E-state index in [-0.39, 0.29) is 11.1 Å². The molecule has 8 heteroatoms. The largest absolute Gasteiger partial charge is 0.452 e. The first kappa shape index (κ1) is 26.2. The van der Waals surface area contributed by atoms with Crippen molar-refractivity contribution in [2.75, 3.05) is 13.2 Å². The molecule has 3 rings (SSSR count). The van der Waals surface area contributed by atoms with Crippen molar-refractivity contribution in [1.82, 2.24) is 10.6 Å². The number of carbonyl (C=O) groups is 4. The Labute approximate surface area is 209 Å². The molecule has 8 nitrogen and oxygen atoms in total. The molecule has 0 fully saturated rings. The van der Waals surface area contributed by atoms with E-state index in [1.807, 2.05) is 62.4 Å². The highest BCUT2D eigenvalue weighted by Gasteiger charge is 2.14. The van der Waals surface area contributed by atoms with Crippen molar-refractivity contribution in [2.45, 2.75) is 26.9 Å². The second-order valence-electron chi connectivity index (χ2n) is 8.25. The summed E-state index contributed by atoms with van der Waals surface area (Å²) in [6.07, 6.45) is 0. The first-order chi connectivity index (χ1) is 17.3. The molecule has 0 unspecified atom stereocenters. The third kappa shape index (κ3) is 8.39. The van der Waals surface area contributed by atoms with Crippen molar-refractivity contribution >= 4 is 23.8 Å². The number of hydrogen-bond acceptors (Lipinski definition) is 6. The summed E-state index contributed by atoms with van der Waals surface area (Å²) >= 11 is 0. The van der Waals surface area contributed by atoms with Crippen LogP contribution in [0.1, 0.15) is 43.0 Å². The SMILES string of the molecule is Cc1ccc(CNC(=O)COC(=O)c2ccc(C(=O)OCC(=O)NCc3ccc(C)cc3)cc2)cc1. The lowest BCUT2D eigenvalue weighted by molar-refractivity contribution is -0.125. The second kappa shape index (κ2) is 12.9. The molecule has 0 saturated carbocycles. The van der Waals surface area contributed by atoms with Gasteiger partial charge in [-0.2, -0.15) is 0 Å². The fraction of sp³-hybridized carbons (Fsp3) is 0.214. The lowest BCUT2D eigenvalue weighted by Crippen LogP contribution is -2.28. The van der Waals surface area contributed by atoms with E-state index in [0.29, 0.717) is 13.1 Å². The molecule has 0 saturated heterocycles. The molecule has 2 amide bonds. The molecule has 0 spiro atoms. The van der Waals surface area contributed by atoms with Crippen LogP contribution in [0.4, 0.5) is 0 Å². The number of rotatable bonds is 10. The summed E-state index contributed by atoms with van der Waals surface area (Å²) in [6.45, 7) is 3.77. The van der Waals surface area contributed by atoms with Crippen LogP contribution in [-0.4, -0.2) is 37.0 Å². The van der Waals surface area contributed by atoms with Gasteiger partial charge in [-0.25, -0.2) is 9.59 Å². The molecule has 0 aliphatic rings. The van der Waals surface area contributed by atoms with E-state index >= 15 is 0 Å². The highest BCUT2D eigenvalue weighted by molar-refractivity contribution is 5.94. The van der Waals surface area contributed by atoms with Crippen LogP contribution in [0.5, 0.6) is 0 Å². The van der Waals surface area contributed by atoms with E-state index in [2.05, 4.69) is 10.6 Å². The molecular formula is C28H28N2O6. The number of amides is 2. The van der Waals surface area contributed by atoms with E-state index in [9.17, 15) is 19.2 Å². The predicted octanol–water partition coefficient (Wildman–Crippen LogP) is 3.25. The van der Waals surface area contributed by atoms with Crippen LogP contribution in [0.3, 0.4) is 0 Å². The van der Waals surface area contributed by atoms with Gasteiger partial charge in [0.25, 0.3) is 11.8 Å². The molecule has 186 valence electrons. The van der Waals surface area contributed by atoms with Crippen LogP contribution < -0.4 is 10.6 Å². The smallest absolute Gasteiger partial charge is 0.338 e. The Morgan fingerprint density at radius 2 is 0.889 bits per heavy atom. The Balaban J connectivity index is 1.37. The van der Waals surface area contributed by atoms with E-state index in [0.717, 1.165) is 22.3 Å². The minimum atomic E-state index is -0.698. The molecule has 0 heterocycles. The van der Waals surface area contributed by atoms with Gasteiger partial charge in [0.1, 0.15) is 0 Å².